The third-order valence-electron chi connectivity index (χ3n) is 2.86. The van der Waals surface area contributed by atoms with Crippen LogP contribution in [0, 0.1) is 0 Å². The average Bonchev–Trinajstić information content (AvgIpc) is 2.62. The van der Waals surface area contributed by atoms with Gasteiger partial charge in [-0.05, 0) is 6.07 Å². The van der Waals surface area contributed by atoms with Crippen molar-refractivity contribution in [3.8, 4) is 0 Å². The topological polar surface area (TPSA) is 81.4 Å². The van der Waals surface area contributed by atoms with Crippen LogP contribution in [-0.4, -0.2) is 32.2 Å². The number of hydrogen-bond donors (Lipinski definition) is 2. The summed E-state index contributed by atoms with van der Waals surface area (Å²) in [7, 11) is 1.53. The zero-order chi connectivity index (χ0) is 12.5. The van der Waals surface area contributed by atoms with Gasteiger partial charge in [-0.25, -0.2) is 4.79 Å². The highest BCUT2D eigenvalue weighted by Crippen LogP contribution is 2.30. The summed E-state index contributed by atoms with van der Waals surface area (Å²) >= 11 is 0. The maximum Gasteiger partial charge on any atom is 0.443 e. The molecule has 0 spiro atoms. The Kier molecular flexibility index (Phi) is 2.83. The lowest BCUT2D eigenvalue weighted by Crippen LogP contribution is -2.65. The molecule has 90 valence electrons. The van der Waals surface area contributed by atoms with Gasteiger partial charge < -0.3 is 10.5 Å². The number of nitrogens with zero attached hydrogens (tertiary/aromatic N) is 1. The number of para-hydroxylation sites is 1. The number of methoxy groups -OCH3 is 1. The Balaban J connectivity index is 2.49. The molecular formula is C11H14N3O3+. The number of ether oxygens (including phenoxy) is 1. The van der Waals surface area contributed by atoms with Crippen LogP contribution in [0.15, 0.2) is 24.3 Å². The van der Waals surface area contributed by atoms with Crippen LogP contribution in [0.4, 0.5) is 10.5 Å². The van der Waals surface area contributed by atoms with Crippen LogP contribution in [0.3, 0.4) is 0 Å². The molecule has 1 aliphatic rings. The van der Waals surface area contributed by atoms with Crippen LogP contribution in [0.2, 0.25) is 0 Å². The third kappa shape index (κ3) is 1.67. The zero-order valence-electron chi connectivity index (χ0n) is 9.47. The molecule has 17 heavy (non-hydrogen) atoms. The molecule has 1 atom stereocenters. The molecule has 0 fully saturated rings. The van der Waals surface area contributed by atoms with Gasteiger partial charge in [0.05, 0.1) is 6.61 Å². The number of amides is 3. The van der Waals surface area contributed by atoms with Crippen molar-refractivity contribution >= 4 is 17.6 Å². The van der Waals surface area contributed by atoms with Gasteiger partial charge in [-0.1, -0.05) is 12.1 Å². The Morgan fingerprint density at radius 3 is 2.82 bits per heavy atom. The third-order valence-corrected chi connectivity index (χ3v) is 2.86. The number of urea groups is 1. The van der Waals surface area contributed by atoms with Crippen molar-refractivity contribution in [2.75, 3.05) is 20.3 Å². The predicted octanol–water partition coefficient (Wildman–Crippen LogP) is 0.377. The van der Waals surface area contributed by atoms with Gasteiger partial charge in [0.25, 0.3) is 0 Å². The SMILES string of the molecule is COCC[N+]1(C(N)=O)NC(=O)c2ccccc21. The first-order valence-corrected chi connectivity index (χ1v) is 5.21. The van der Waals surface area contributed by atoms with Crippen LogP contribution in [0.25, 0.3) is 0 Å². The van der Waals surface area contributed by atoms with E-state index in [2.05, 4.69) is 5.43 Å². The fourth-order valence-electron chi connectivity index (χ4n) is 1.98. The van der Waals surface area contributed by atoms with E-state index in [-0.39, 0.29) is 17.0 Å². The molecule has 0 radical (unpaired) electrons. The molecule has 0 saturated carbocycles. The first-order chi connectivity index (χ1) is 8.12. The first-order valence-electron chi connectivity index (χ1n) is 5.21. The molecule has 1 aliphatic heterocycles. The van der Waals surface area contributed by atoms with Crippen molar-refractivity contribution in [2.45, 2.75) is 0 Å². The van der Waals surface area contributed by atoms with E-state index in [0.717, 1.165) is 0 Å². The van der Waals surface area contributed by atoms with E-state index in [9.17, 15) is 9.59 Å². The number of carbonyl (C=O) groups excluding carboxylic acids is 2. The number of nitrogens with one attached hydrogen (secondary N) is 1. The first kappa shape index (κ1) is 11.6. The molecule has 0 aliphatic carbocycles. The number of carbonyl (C=O) groups is 2. The van der Waals surface area contributed by atoms with Gasteiger partial charge in [0, 0.05) is 13.2 Å². The highest BCUT2D eigenvalue weighted by molar-refractivity contribution is 6.08. The van der Waals surface area contributed by atoms with Gasteiger partial charge in [-0.2, -0.15) is 5.43 Å². The smallest absolute Gasteiger partial charge is 0.379 e. The van der Waals surface area contributed by atoms with E-state index in [1.807, 2.05) is 0 Å². The molecule has 3 N–H and O–H groups in total. The largest absolute Gasteiger partial charge is 0.443 e. The van der Waals surface area contributed by atoms with Gasteiger partial charge in [0.15, 0.2) is 5.69 Å². The van der Waals surface area contributed by atoms with E-state index in [0.29, 0.717) is 17.9 Å². The number of quaternary nitrogens is 1. The summed E-state index contributed by atoms with van der Waals surface area (Å²) < 4.78 is 4.57. The average molecular weight is 236 g/mol. The van der Waals surface area contributed by atoms with E-state index in [1.165, 1.54) is 7.11 Å². The molecule has 6 heteroatoms. The second-order valence-corrected chi connectivity index (χ2v) is 3.82. The highest BCUT2D eigenvalue weighted by Gasteiger charge is 2.48. The van der Waals surface area contributed by atoms with Crippen molar-refractivity contribution in [3.05, 3.63) is 29.8 Å². The predicted molar refractivity (Wildman–Crippen MR) is 62.0 cm³/mol. The van der Waals surface area contributed by atoms with E-state index >= 15 is 0 Å². The Morgan fingerprint density at radius 1 is 1.47 bits per heavy atom. The van der Waals surface area contributed by atoms with Gasteiger partial charge in [0.2, 0.25) is 0 Å². The van der Waals surface area contributed by atoms with E-state index in [1.54, 1.807) is 24.3 Å². The maximum atomic E-state index is 11.8. The van der Waals surface area contributed by atoms with E-state index in [4.69, 9.17) is 10.5 Å². The summed E-state index contributed by atoms with van der Waals surface area (Å²) in [5.41, 5.74) is 9.07. The lowest BCUT2D eigenvalue weighted by molar-refractivity contribution is 0.0848. The molecule has 3 amide bonds. The minimum Gasteiger partial charge on any atom is -0.379 e. The fourth-order valence-corrected chi connectivity index (χ4v) is 1.98. The second kappa shape index (κ2) is 4.15. The lowest BCUT2D eigenvalue weighted by Gasteiger charge is -2.27. The molecule has 0 saturated heterocycles. The van der Waals surface area contributed by atoms with Crippen LogP contribution in [-0.2, 0) is 4.74 Å². The maximum absolute atomic E-state index is 11.8. The minimum absolute atomic E-state index is 0.272. The minimum atomic E-state index is -0.625. The Morgan fingerprint density at radius 2 is 2.18 bits per heavy atom. The summed E-state index contributed by atoms with van der Waals surface area (Å²) in [5.74, 6) is -0.296. The number of rotatable bonds is 3. The van der Waals surface area contributed by atoms with Crippen LogP contribution < -0.4 is 15.8 Å². The molecule has 2 rings (SSSR count). The van der Waals surface area contributed by atoms with Gasteiger partial charge in [-0.3, -0.25) is 4.79 Å². The number of primary amides is 1. The normalized spacial score (nSPS) is 22.1. The lowest BCUT2D eigenvalue weighted by atomic mass is 10.2. The number of fused-ring (bicyclic) bond motifs is 1. The molecular weight excluding hydrogens is 222 g/mol. The highest BCUT2D eigenvalue weighted by atomic mass is 16.5. The number of nitrogens with two attached hydrogens (primary N) is 1. The van der Waals surface area contributed by atoms with Gasteiger partial charge in [0.1, 0.15) is 12.1 Å². The van der Waals surface area contributed by atoms with Crippen molar-refractivity contribution in [3.63, 3.8) is 0 Å². The van der Waals surface area contributed by atoms with Crippen molar-refractivity contribution in [1.29, 1.82) is 0 Å². The summed E-state index contributed by atoms with van der Waals surface area (Å²) in [5, 5.41) is 0. The monoisotopic (exact) mass is 236 g/mol. The van der Waals surface area contributed by atoms with Gasteiger partial charge >= 0.3 is 11.9 Å². The summed E-state index contributed by atoms with van der Waals surface area (Å²) in [6, 6.07) is 6.27. The van der Waals surface area contributed by atoms with Crippen LogP contribution >= 0.6 is 0 Å². The van der Waals surface area contributed by atoms with Crippen LogP contribution in [0.1, 0.15) is 10.4 Å². The Bertz CT molecular complexity index is 475. The molecule has 6 nitrogen and oxygen atoms in total. The Labute approximate surface area is 98.5 Å². The summed E-state index contributed by atoms with van der Waals surface area (Å²) in [6.45, 7) is 0.589. The van der Waals surface area contributed by atoms with Crippen molar-refractivity contribution < 1.29 is 14.3 Å². The molecule has 1 aromatic carbocycles. The molecule has 1 heterocycles. The quantitative estimate of drug-likeness (QED) is 0.744. The molecule has 0 aromatic heterocycles. The fraction of sp³-hybridized carbons (Fsp3) is 0.273. The Hall–Kier alpha value is -1.92. The number of hydrogen-bond acceptors (Lipinski definition) is 3. The molecule has 1 aromatic rings. The zero-order valence-corrected chi connectivity index (χ0v) is 9.47. The summed E-state index contributed by atoms with van der Waals surface area (Å²) in [6.07, 6.45) is 0. The number of benzene rings is 1. The molecule has 0 bridgehead atoms. The van der Waals surface area contributed by atoms with E-state index < -0.39 is 6.03 Å². The molecule has 1 unspecified atom stereocenters. The standard InChI is InChI=1S/C11H13N3O3/c1-17-7-6-14(11(12)16)9-5-3-2-4-8(9)10(15)13-14/h2-5H,6-7H2,1H3,(H2-,12,13,15,16)/p+1. The van der Waals surface area contributed by atoms with Crippen molar-refractivity contribution in [2.24, 2.45) is 5.73 Å². The van der Waals surface area contributed by atoms with Crippen molar-refractivity contribution in [1.82, 2.24) is 10.0 Å². The van der Waals surface area contributed by atoms with Crippen LogP contribution in [0.5, 0.6) is 0 Å². The second-order valence-electron chi connectivity index (χ2n) is 3.82. The van der Waals surface area contributed by atoms with Gasteiger partial charge in [-0.15, -0.1) is 4.59 Å². The summed E-state index contributed by atoms with van der Waals surface area (Å²) in [4.78, 5) is 23.4.